The van der Waals surface area contributed by atoms with E-state index in [2.05, 4.69) is 75.4 Å². The fraction of sp³-hybridized carbons (Fsp3) is 0.111. The van der Waals surface area contributed by atoms with E-state index in [1.54, 1.807) is 0 Å². The molecule has 150 valence electrons. The molecule has 0 radical (unpaired) electrons. The van der Waals surface area contributed by atoms with Crippen LogP contribution in [0.2, 0.25) is 0 Å². The van der Waals surface area contributed by atoms with Gasteiger partial charge in [-0.15, -0.1) is 0 Å². The van der Waals surface area contributed by atoms with Crippen LogP contribution in [0.25, 0.3) is 11.1 Å². The monoisotopic (exact) mass is 412 g/mol. The van der Waals surface area contributed by atoms with Crippen molar-refractivity contribution in [2.24, 2.45) is 0 Å². The van der Waals surface area contributed by atoms with Crippen molar-refractivity contribution >= 4 is 13.7 Å². The van der Waals surface area contributed by atoms with Gasteiger partial charge in [-0.1, -0.05) is 78.4 Å². The fourth-order valence-corrected chi connectivity index (χ4v) is 4.78. The minimum absolute atomic E-state index is 0.825. The van der Waals surface area contributed by atoms with E-state index in [0.717, 1.165) is 27.9 Å². The summed E-state index contributed by atoms with van der Waals surface area (Å²) in [5.74, 6) is 1.68. The van der Waals surface area contributed by atoms with Gasteiger partial charge >= 0.3 is 8.38 Å². The molecule has 2 nitrogen and oxygen atoms in total. The summed E-state index contributed by atoms with van der Waals surface area (Å²) in [4.78, 5) is 0. The molecule has 0 fully saturated rings. The summed E-state index contributed by atoms with van der Waals surface area (Å²) in [6, 6.07) is 33.0. The first-order chi connectivity index (χ1) is 14.6. The molecule has 1 unspecified atom stereocenters. The Labute approximate surface area is 180 Å². The lowest BCUT2D eigenvalue weighted by Gasteiger charge is -2.22. The largest absolute Gasteiger partial charge is 0.435 e. The molecule has 4 aromatic carbocycles. The molecular formula is C27H25O2P. The highest BCUT2D eigenvalue weighted by atomic mass is 31.2. The SMILES string of the molecule is Cc1ccc(OP(Oc2ccccc2-c2ccccc2C)c2ccccc2)c(C)c1. The van der Waals surface area contributed by atoms with Crippen LogP contribution < -0.4 is 14.4 Å². The maximum absolute atomic E-state index is 6.57. The molecule has 0 spiro atoms. The summed E-state index contributed by atoms with van der Waals surface area (Å²) in [5.41, 5.74) is 5.78. The van der Waals surface area contributed by atoms with Gasteiger partial charge in [0.05, 0.1) is 5.30 Å². The maximum atomic E-state index is 6.57. The Morgan fingerprint density at radius 3 is 1.90 bits per heavy atom. The number of hydrogen-bond donors (Lipinski definition) is 0. The van der Waals surface area contributed by atoms with Crippen LogP contribution in [-0.2, 0) is 0 Å². The number of aryl methyl sites for hydroxylation is 3. The second kappa shape index (κ2) is 9.15. The van der Waals surface area contributed by atoms with Crippen molar-refractivity contribution in [1.29, 1.82) is 0 Å². The first-order valence-corrected chi connectivity index (χ1v) is 11.2. The van der Waals surface area contributed by atoms with E-state index < -0.39 is 8.38 Å². The van der Waals surface area contributed by atoms with Crippen LogP contribution >= 0.6 is 8.38 Å². The first-order valence-electron chi connectivity index (χ1n) is 10.1. The number of para-hydroxylation sites is 1. The lowest BCUT2D eigenvalue weighted by molar-refractivity contribution is 0.500. The maximum Gasteiger partial charge on any atom is 0.326 e. The lowest BCUT2D eigenvalue weighted by Crippen LogP contribution is -2.10. The fourth-order valence-electron chi connectivity index (χ4n) is 3.40. The zero-order valence-electron chi connectivity index (χ0n) is 17.5. The van der Waals surface area contributed by atoms with Crippen LogP contribution in [0.4, 0.5) is 0 Å². The van der Waals surface area contributed by atoms with Gasteiger partial charge in [0.2, 0.25) is 0 Å². The van der Waals surface area contributed by atoms with Crippen molar-refractivity contribution in [3.8, 4) is 22.6 Å². The minimum atomic E-state index is -1.35. The van der Waals surface area contributed by atoms with Gasteiger partial charge in [0.15, 0.2) is 0 Å². The molecule has 30 heavy (non-hydrogen) atoms. The van der Waals surface area contributed by atoms with Crippen LogP contribution in [-0.4, -0.2) is 0 Å². The van der Waals surface area contributed by atoms with Gasteiger partial charge in [-0.25, -0.2) is 0 Å². The van der Waals surface area contributed by atoms with Gasteiger partial charge in [-0.3, -0.25) is 0 Å². The van der Waals surface area contributed by atoms with E-state index in [1.807, 2.05) is 42.5 Å². The Hall–Kier alpha value is -3.09. The molecule has 0 N–H and O–H groups in total. The zero-order chi connectivity index (χ0) is 20.9. The smallest absolute Gasteiger partial charge is 0.326 e. The van der Waals surface area contributed by atoms with Gasteiger partial charge in [0.25, 0.3) is 0 Å². The highest BCUT2D eigenvalue weighted by Crippen LogP contribution is 2.44. The van der Waals surface area contributed by atoms with Gasteiger partial charge in [-0.05, 0) is 61.7 Å². The van der Waals surface area contributed by atoms with Crippen molar-refractivity contribution in [1.82, 2.24) is 0 Å². The summed E-state index contributed by atoms with van der Waals surface area (Å²) in [6.45, 7) is 6.28. The highest BCUT2D eigenvalue weighted by molar-refractivity contribution is 7.56. The third-order valence-electron chi connectivity index (χ3n) is 4.98. The van der Waals surface area contributed by atoms with Gasteiger partial charge in [-0.2, -0.15) is 0 Å². The summed E-state index contributed by atoms with van der Waals surface area (Å²) in [5, 5.41) is 1.03. The van der Waals surface area contributed by atoms with Crippen LogP contribution in [0.15, 0.2) is 97.1 Å². The Bertz CT molecular complexity index is 1140. The van der Waals surface area contributed by atoms with Crippen molar-refractivity contribution in [2.45, 2.75) is 20.8 Å². The second-order valence-corrected chi connectivity index (χ2v) is 8.75. The summed E-state index contributed by atoms with van der Waals surface area (Å²) in [6.07, 6.45) is 0. The van der Waals surface area contributed by atoms with Crippen molar-refractivity contribution in [3.63, 3.8) is 0 Å². The molecule has 0 heterocycles. The van der Waals surface area contributed by atoms with E-state index in [1.165, 1.54) is 16.7 Å². The Kier molecular flexibility index (Phi) is 6.16. The Morgan fingerprint density at radius 2 is 1.17 bits per heavy atom. The normalized spacial score (nSPS) is 11.7. The molecule has 4 aromatic rings. The predicted molar refractivity (Wildman–Crippen MR) is 127 cm³/mol. The molecule has 0 aliphatic rings. The minimum Gasteiger partial charge on any atom is -0.435 e. The van der Waals surface area contributed by atoms with Crippen LogP contribution in [0.1, 0.15) is 16.7 Å². The summed E-state index contributed by atoms with van der Waals surface area (Å²) >= 11 is 0. The molecule has 4 rings (SSSR count). The number of benzene rings is 4. The molecule has 0 aliphatic heterocycles. The van der Waals surface area contributed by atoms with Crippen LogP contribution in [0, 0.1) is 20.8 Å². The molecular weight excluding hydrogens is 387 g/mol. The number of rotatable bonds is 6. The third kappa shape index (κ3) is 4.56. The van der Waals surface area contributed by atoms with Crippen molar-refractivity contribution in [3.05, 3.63) is 114 Å². The van der Waals surface area contributed by atoms with Crippen LogP contribution in [0.3, 0.4) is 0 Å². The number of hydrogen-bond acceptors (Lipinski definition) is 2. The quantitative estimate of drug-likeness (QED) is 0.308. The summed E-state index contributed by atoms with van der Waals surface area (Å²) < 4.78 is 13.0. The van der Waals surface area contributed by atoms with Crippen LogP contribution in [0.5, 0.6) is 11.5 Å². The average molecular weight is 412 g/mol. The van der Waals surface area contributed by atoms with E-state index in [0.29, 0.717) is 0 Å². The Balaban J connectivity index is 1.72. The molecule has 3 heteroatoms. The van der Waals surface area contributed by atoms with Gasteiger partial charge in [0.1, 0.15) is 11.5 Å². The molecule has 0 saturated heterocycles. The van der Waals surface area contributed by atoms with E-state index in [9.17, 15) is 0 Å². The van der Waals surface area contributed by atoms with E-state index in [4.69, 9.17) is 9.05 Å². The van der Waals surface area contributed by atoms with Gasteiger partial charge < -0.3 is 9.05 Å². The Morgan fingerprint density at radius 1 is 0.533 bits per heavy atom. The zero-order valence-corrected chi connectivity index (χ0v) is 18.4. The predicted octanol–water partition coefficient (Wildman–Crippen LogP) is 7.37. The molecule has 0 saturated carbocycles. The van der Waals surface area contributed by atoms with Gasteiger partial charge in [0, 0.05) is 5.56 Å². The first kappa shape index (κ1) is 20.2. The molecule has 0 aliphatic carbocycles. The molecule has 0 bridgehead atoms. The van der Waals surface area contributed by atoms with E-state index in [-0.39, 0.29) is 0 Å². The summed E-state index contributed by atoms with van der Waals surface area (Å²) in [7, 11) is -1.35. The molecule has 0 amide bonds. The van der Waals surface area contributed by atoms with Crippen molar-refractivity contribution in [2.75, 3.05) is 0 Å². The van der Waals surface area contributed by atoms with Crippen molar-refractivity contribution < 1.29 is 9.05 Å². The second-order valence-electron chi connectivity index (χ2n) is 7.36. The third-order valence-corrected chi connectivity index (χ3v) is 6.43. The molecule has 1 atom stereocenters. The standard InChI is InChI=1S/C27H25O2P/c1-20-17-18-26(22(3)19-20)28-30(23-12-5-4-6-13-23)29-27-16-10-9-15-25(27)24-14-8-7-11-21(24)2/h4-19H,1-3H3. The van der Waals surface area contributed by atoms with E-state index >= 15 is 0 Å². The molecule has 0 aromatic heterocycles. The topological polar surface area (TPSA) is 18.5 Å². The highest BCUT2D eigenvalue weighted by Gasteiger charge is 2.21. The average Bonchev–Trinajstić information content (AvgIpc) is 2.76. The lowest BCUT2D eigenvalue weighted by atomic mass is 10.00.